The molecule has 88 valence electrons. The van der Waals surface area contributed by atoms with Crippen molar-refractivity contribution in [1.82, 2.24) is 10.5 Å². The molecule has 0 saturated heterocycles. The molecule has 0 radical (unpaired) electrons. The minimum absolute atomic E-state index is 0.0106. The Morgan fingerprint density at radius 3 is 3.06 bits per heavy atom. The summed E-state index contributed by atoms with van der Waals surface area (Å²) in [6.45, 7) is 2.24. The van der Waals surface area contributed by atoms with Gasteiger partial charge in [0.2, 0.25) is 5.91 Å². The van der Waals surface area contributed by atoms with Crippen LogP contribution >= 0.6 is 0 Å². The van der Waals surface area contributed by atoms with Crippen LogP contribution in [0.3, 0.4) is 0 Å². The smallest absolute Gasteiger partial charge is 0.225 e. The summed E-state index contributed by atoms with van der Waals surface area (Å²) in [5, 5.41) is 6.59. The SMILES string of the molecule is Cc1cc(CNC(=O)C2CCCC2N)on1. The van der Waals surface area contributed by atoms with Crippen molar-refractivity contribution in [3.8, 4) is 0 Å². The van der Waals surface area contributed by atoms with E-state index < -0.39 is 0 Å². The Morgan fingerprint density at radius 2 is 2.50 bits per heavy atom. The van der Waals surface area contributed by atoms with E-state index in [1.807, 2.05) is 13.0 Å². The molecular formula is C11H17N3O2. The summed E-state index contributed by atoms with van der Waals surface area (Å²) in [4.78, 5) is 11.8. The number of hydrogen-bond donors (Lipinski definition) is 2. The van der Waals surface area contributed by atoms with Crippen LogP contribution in [0, 0.1) is 12.8 Å². The average Bonchev–Trinajstić information content (AvgIpc) is 2.84. The largest absolute Gasteiger partial charge is 0.359 e. The minimum atomic E-state index is -0.0379. The molecule has 0 aromatic carbocycles. The molecule has 1 saturated carbocycles. The second-order valence-electron chi connectivity index (χ2n) is 4.35. The molecule has 16 heavy (non-hydrogen) atoms. The van der Waals surface area contributed by atoms with Crippen molar-refractivity contribution in [3.63, 3.8) is 0 Å². The number of carbonyl (C=O) groups excluding carboxylic acids is 1. The van der Waals surface area contributed by atoms with Gasteiger partial charge in [-0.2, -0.15) is 0 Å². The number of nitrogens with zero attached hydrogens (tertiary/aromatic N) is 1. The van der Waals surface area contributed by atoms with Gasteiger partial charge < -0.3 is 15.6 Å². The molecule has 1 aliphatic rings. The lowest BCUT2D eigenvalue weighted by Crippen LogP contribution is -2.38. The van der Waals surface area contributed by atoms with Crippen molar-refractivity contribution in [2.45, 2.75) is 38.8 Å². The number of nitrogens with two attached hydrogens (primary N) is 1. The molecule has 5 heteroatoms. The van der Waals surface area contributed by atoms with E-state index in [2.05, 4.69) is 10.5 Å². The van der Waals surface area contributed by atoms with Crippen molar-refractivity contribution in [2.75, 3.05) is 0 Å². The van der Waals surface area contributed by atoms with E-state index >= 15 is 0 Å². The number of amides is 1. The van der Waals surface area contributed by atoms with Gasteiger partial charge in [0.15, 0.2) is 5.76 Å². The van der Waals surface area contributed by atoms with Crippen LogP contribution in [0.2, 0.25) is 0 Å². The summed E-state index contributed by atoms with van der Waals surface area (Å²) >= 11 is 0. The van der Waals surface area contributed by atoms with E-state index in [-0.39, 0.29) is 17.9 Å². The average molecular weight is 223 g/mol. The second kappa shape index (κ2) is 4.65. The van der Waals surface area contributed by atoms with Crippen LogP contribution in [0.5, 0.6) is 0 Å². The lowest BCUT2D eigenvalue weighted by Gasteiger charge is -2.14. The highest BCUT2D eigenvalue weighted by molar-refractivity contribution is 5.79. The summed E-state index contributed by atoms with van der Waals surface area (Å²) in [5.41, 5.74) is 6.68. The molecular weight excluding hydrogens is 206 g/mol. The predicted molar refractivity (Wildman–Crippen MR) is 58.4 cm³/mol. The van der Waals surface area contributed by atoms with Gasteiger partial charge in [-0.25, -0.2) is 0 Å². The minimum Gasteiger partial charge on any atom is -0.359 e. The molecule has 2 atom stereocenters. The first-order chi connectivity index (χ1) is 7.66. The van der Waals surface area contributed by atoms with E-state index in [1.165, 1.54) is 0 Å². The molecule has 1 fully saturated rings. The first-order valence-electron chi connectivity index (χ1n) is 5.62. The van der Waals surface area contributed by atoms with Gasteiger partial charge in [0, 0.05) is 12.1 Å². The Kier molecular flexibility index (Phi) is 3.24. The van der Waals surface area contributed by atoms with Gasteiger partial charge in [0.25, 0.3) is 0 Å². The van der Waals surface area contributed by atoms with E-state index in [0.29, 0.717) is 12.3 Å². The topological polar surface area (TPSA) is 81.2 Å². The monoisotopic (exact) mass is 223 g/mol. The molecule has 1 heterocycles. The normalized spacial score (nSPS) is 24.6. The van der Waals surface area contributed by atoms with Crippen molar-refractivity contribution in [1.29, 1.82) is 0 Å². The molecule has 5 nitrogen and oxygen atoms in total. The fourth-order valence-electron chi connectivity index (χ4n) is 2.12. The van der Waals surface area contributed by atoms with E-state index in [9.17, 15) is 4.79 Å². The highest BCUT2D eigenvalue weighted by atomic mass is 16.5. The lowest BCUT2D eigenvalue weighted by atomic mass is 10.0. The Balaban J connectivity index is 1.83. The standard InChI is InChI=1S/C11H17N3O2/c1-7-5-8(16-14-7)6-13-11(15)9-3-2-4-10(9)12/h5,9-10H,2-4,6,12H2,1H3,(H,13,15). The van der Waals surface area contributed by atoms with E-state index in [4.69, 9.17) is 10.3 Å². The maximum atomic E-state index is 11.8. The third-order valence-corrected chi connectivity index (χ3v) is 3.02. The molecule has 2 rings (SSSR count). The maximum absolute atomic E-state index is 11.8. The zero-order chi connectivity index (χ0) is 11.5. The van der Waals surface area contributed by atoms with Crippen LogP contribution in [0.15, 0.2) is 10.6 Å². The Morgan fingerprint density at radius 1 is 1.69 bits per heavy atom. The number of nitrogens with one attached hydrogen (secondary N) is 1. The van der Waals surface area contributed by atoms with E-state index in [0.717, 1.165) is 25.0 Å². The Hall–Kier alpha value is -1.36. The maximum Gasteiger partial charge on any atom is 0.225 e. The molecule has 1 aromatic rings. The van der Waals surface area contributed by atoms with Gasteiger partial charge in [-0.05, 0) is 19.8 Å². The molecule has 0 spiro atoms. The van der Waals surface area contributed by atoms with Gasteiger partial charge in [-0.1, -0.05) is 11.6 Å². The number of rotatable bonds is 3. The zero-order valence-electron chi connectivity index (χ0n) is 9.40. The van der Waals surface area contributed by atoms with Crippen LogP contribution in [0.4, 0.5) is 0 Å². The number of carbonyl (C=O) groups is 1. The quantitative estimate of drug-likeness (QED) is 0.791. The molecule has 1 aromatic heterocycles. The van der Waals surface area contributed by atoms with Crippen LogP contribution in [-0.4, -0.2) is 17.1 Å². The molecule has 2 unspecified atom stereocenters. The third kappa shape index (κ3) is 2.41. The van der Waals surface area contributed by atoms with Gasteiger partial charge >= 0.3 is 0 Å². The van der Waals surface area contributed by atoms with Crippen LogP contribution in [0.25, 0.3) is 0 Å². The van der Waals surface area contributed by atoms with Crippen LogP contribution in [0.1, 0.15) is 30.7 Å². The first-order valence-corrected chi connectivity index (χ1v) is 5.62. The summed E-state index contributed by atoms with van der Waals surface area (Å²) < 4.78 is 5.01. The third-order valence-electron chi connectivity index (χ3n) is 3.02. The lowest BCUT2D eigenvalue weighted by molar-refractivity contribution is -0.125. The first kappa shape index (κ1) is 11.1. The highest BCUT2D eigenvalue weighted by Gasteiger charge is 2.29. The van der Waals surface area contributed by atoms with Crippen molar-refractivity contribution in [3.05, 3.63) is 17.5 Å². The summed E-state index contributed by atoms with van der Waals surface area (Å²) in [7, 11) is 0. The zero-order valence-corrected chi connectivity index (χ0v) is 9.40. The van der Waals surface area contributed by atoms with Gasteiger partial charge in [0.1, 0.15) is 0 Å². The Labute approximate surface area is 94.4 Å². The van der Waals surface area contributed by atoms with Gasteiger partial charge in [-0.15, -0.1) is 0 Å². The molecule has 3 N–H and O–H groups in total. The summed E-state index contributed by atoms with van der Waals surface area (Å²) in [5.74, 6) is 0.667. The number of aromatic nitrogens is 1. The van der Waals surface area contributed by atoms with E-state index in [1.54, 1.807) is 0 Å². The molecule has 1 aliphatic carbocycles. The van der Waals surface area contributed by atoms with Crippen LogP contribution < -0.4 is 11.1 Å². The fraction of sp³-hybridized carbons (Fsp3) is 0.636. The van der Waals surface area contributed by atoms with Crippen molar-refractivity contribution < 1.29 is 9.32 Å². The van der Waals surface area contributed by atoms with Crippen molar-refractivity contribution >= 4 is 5.91 Å². The number of hydrogen-bond acceptors (Lipinski definition) is 4. The Bertz CT molecular complexity index is 375. The van der Waals surface area contributed by atoms with Crippen LogP contribution in [-0.2, 0) is 11.3 Å². The molecule has 0 aliphatic heterocycles. The van der Waals surface area contributed by atoms with Gasteiger partial charge in [0.05, 0.1) is 18.2 Å². The predicted octanol–water partition coefficient (Wildman–Crippen LogP) is 0.727. The molecule has 1 amide bonds. The number of aryl methyl sites for hydroxylation is 1. The summed E-state index contributed by atoms with van der Waals surface area (Å²) in [6, 6.07) is 1.82. The van der Waals surface area contributed by atoms with Crippen molar-refractivity contribution in [2.24, 2.45) is 11.7 Å². The van der Waals surface area contributed by atoms with Gasteiger partial charge in [-0.3, -0.25) is 4.79 Å². The fourth-order valence-corrected chi connectivity index (χ4v) is 2.12. The summed E-state index contributed by atoms with van der Waals surface area (Å²) in [6.07, 6.45) is 2.88. The highest BCUT2D eigenvalue weighted by Crippen LogP contribution is 2.23. The molecule has 0 bridgehead atoms. The second-order valence-corrected chi connectivity index (χ2v) is 4.35.